The van der Waals surface area contributed by atoms with E-state index in [9.17, 15) is 14.9 Å². The Kier molecular flexibility index (Phi) is 7.42. The Morgan fingerprint density at radius 2 is 1.81 bits per heavy atom. The largest absolute Gasteiger partial charge is 0.324 e. The van der Waals surface area contributed by atoms with Crippen LogP contribution in [0.4, 0.5) is 10.7 Å². The standard InChI is InChI=1S/C19H22N4O2S2/c1-12-13(2)27-19(14(12)9-20)22-18(25)11-23(3)10-17(24)21-15-7-5-6-8-16(15)26-4/h5-8H,10-11H2,1-4H3,(H,21,24)(H,22,25). The van der Waals surface area contributed by atoms with E-state index in [2.05, 4.69) is 16.7 Å². The van der Waals surface area contributed by atoms with Gasteiger partial charge in [-0.3, -0.25) is 14.5 Å². The van der Waals surface area contributed by atoms with Gasteiger partial charge in [0.15, 0.2) is 0 Å². The first-order chi connectivity index (χ1) is 12.8. The number of likely N-dealkylation sites (N-methyl/N-ethyl adjacent to an activating group) is 1. The van der Waals surface area contributed by atoms with E-state index >= 15 is 0 Å². The first-order valence-corrected chi connectivity index (χ1v) is 10.3. The molecule has 2 amide bonds. The summed E-state index contributed by atoms with van der Waals surface area (Å²) in [4.78, 5) is 28.1. The summed E-state index contributed by atoms with van der Waals surface area (Å²) in [6.45, 7) is 3.92. The third kappa shape index (κ3) is 5.57. The molecular formula is C19H22N4O2S2. The van der Waals surface area contributed by atoms with Crippen LogP contribution in [0, 0.1) is 25.2 Å². The number of benzene rings is 1. The number of para-hydroxylation sites is 1. The lowest BCUT2D eigenvalue weighted by Crippen LogP contribution is -2.36. The van der Waals surface area contributed by atoms with Crippen LogP contribution in [-0.4, -0.2) is 43.1 Å². The number of rotatable bonds is 7. The molecule has 1 aromatic heterocycles. The summed E-state index contributed by atoms with van der Waals surface area (Å²) >= 11 is 2.94. The predicted molar refractivity (Wildman–Crippen MR) is 111 cm³/mol. The van der Waals surface area contributed by atoms with Crippen molar-refractivity contribution in [2.24, 2.45) is 0 Å². The number of nitriles is 1. The second kappa shape index (κ2) is 9.55. The Labute approximate surface area is 167 Å². The van der Waals surface area contributed by atoms with Gasteiger partial charge in [0, 0.05) is 9.77 Å². The molecule has 8 heteroatoms. The van der Waals surface area contributed by atoms with Crippen molar-refractivity contribution >= 4 is 45.6 Å². The van der Waals surface area contributed by atoms with Crippen LogP contribution in [0.3, 0.4) is 0 Å². The Morgan fingerprint density at radius 1 is 1.19 bits per heavy atom. The first-order valence-electron chi connectivity index (χ1n) is 8.27. The van der Waals surface area contributed by atoms with Gasteiger partial charge in [0.1, 0.15) is 11.1 Å². The van der Waals surface area contributed by atoms with E-state index in [0.29, 0.717) is 10.6 Å². The minimum atomic E-state index is -0.257. The highest BCUT2D eigenvalue weighted by molar-refractivity contribution is 7.98. The summed E-state index contributed by atoms with van der Waals surface area (Å²) in [7, 11) is 1.70. The number of nitrogens with one attached hydrogen (secondary N) is 2. The monoisotopic (exact) mass is 402 g/mol. The van der Waals surface area contributed by atoms with E-state index in [-0.39, 0.29) is 24.9 Å². The van der Waals surface area contributed by atoms with Gasteiger partial charge in [-0.2, -0.15) is 5.26 Å². The topological polar surface area (TPSA) is 85.2 Å². The van der Waals surface area contributed by atoms with Gasteiger partial charge in [-0.05, 0) is 44.8 Å². The molecule has 0 saturated carbocycles. The van der Waals surface area contributed by atoms with E-state index in [1.807, 2.05) is 44.4 Å². The molecule has 2 N–H and O–H groups in total. The average Bonchev–Trinajstić information content (AvgIpc) is 2.87. The van der Waals surface area contributed by atoms with E-state index in [1.165, 1.54) is 11.3 Å². The Hall–Kier alpha value is -2.34. The molecule has 27 heavy (non-hydrogen) atoms. The molecule has 2 aromatic rings. The molecule has 0 atom stereocenters. The number of thioether (sulfide) groups is 1. The van der Waals surface area contributed by atoms with Crippen molar-refractivity contribution in [2.75, 3.05) is 37.0 Å². The van der Waals surface area contributed by atoms with Crippen molar-refractivity contribution in [2.45, 2.75) is 18.7 Å². The molecule has 0 spiro atoms. The van der Waals surface area contributed by atoms with Crippen LogP contribution < -0.4 is 10.6 Å². The fraction of sp³-hybridized carbons (Fsp3) is 0.316. The van der Waals surface area contributed by atoms with Gasteiger partial charge < -0.3 is 10.6 Å². The lowest BCUT2D eigenvalue weighted by molar-refractivity contribution is -0.119. The maximum Gasteiger partial charge on any atom is 0.239 e. The van der Waals surface area contributed by atoms with Crippen LogP contribution in [0.25, 0.3) is 0 Å². The Bertz CT molecular complexity index is 886. The van der Waals surface area contributed by atoms with Gasteiger partial charge in [0.2, 0.25) is 11.8 Å². The number of hydrogen-bond donors (Lipinski definition) is 2. The second-order valence-electron chi connectivity index (χ2n) is 6.07. The third-order valence-electron chi connectivity index (χ3n) is 3.96. The van der Waals surface area contributed by atoms with Crippen LogP contribution in [0.15, 0.2) is 29.2 Å². The number of thiophene rings is 1. The van der Waals surface area contributed by atoms with Crippen LogP contribution in [-0.2, 0) is 9.59 Å². The van der Waals surface area contributed by atoms with Gasteiger partial charge in [-0.25, -0.2) is 0 Å². The molecule has 6 nitrogen and oxygen atoms in total. The minimum Gasteiger partial charge on any atom is -0.324 e. The SMILES string of the molecule is CSc1ccccc1NC(=O)CN(C)CC(=O)Nc1sc(C)c(C)c1C#N. The number of hydrogen-bond acceptors (Lipinski definition) is 6. The molecule has 0 bridgehead atoms. The number of anilines is 2. The van der Waals surface area contributed by atoms with Crippen molar-refractivity contribution < 1.29 is 9.59 Å². The van der Waals surface area contributed by atoms with E-state index in [0.717, 1.165) is 21.0 Å². The fourth-order valence-corrected chi connectivity index (χ4v) is 4.08. The van der Waals surface area contributed by atoms with Gasteiger partial charge in [0.25, 0.3) is 0 Å². The molecule has 0 fully saturated rings. The zero-order valence-electron chi connectivity index (χ0n) is 15.8. The molecule has 0 saturated heterocycles. The summed E-state index contributed by atoms with van der Waals surface area (Å²) in [5, 5.41) is 15.5. The summed E-state index contributed by atoms with van der Waals surface area (Å²) < 4.78 is 0. The van der Waals surface area contributed by atoms with E-state index < -0.39 is 0 Å². The minimum absolute atomic E-state index is 0.0540. The predicted octanol–water partition coefficient (Wildman–Crippen LogP) is 3.47. The summed E-state index contributed by atoms with van der Waals surface area (Å²) in [5.41, 5.74) is 2.15. The molecular weight excluding hydrogens is 380 g/mol. The first kappa shape index (κ1) is 21.0. The molecule has 142 valence electrons. The second-order valence-corrected chi connectivity index (χ2v) is 8.14. The Balaban J connectivity index is 1.90. The van der Waals surface area contributed by atoms with E-state index in [1.54, 1.807) is 23.7 Å². The number of aryl methyl sites for hydroxylation is 1. The van der Waals surface area contributed by atoms with Gasteiger partial charge >= 0.3 is 0 Å². The number of nitrogens with zero attached hydrogens (tertiary/aromatic N) is 2. The van der Waals surface area contributed by atoms with Crippen LogP contribution in [0.1, 0.15) is 16.0 Å². The molecule has 0 aliphatic rings. The maximum absolute atomic E-state index is 12.3. The third-order valence-corrected chi connectivity index (χ3v) is 5.88. The average molecular weight is 403 g/mol. The van der Waals surface area contributed by atoms with Crippen LogP contribution in [0.2, 0.25) is 0 Å². The molecule has 0 aliphatic carbocycles. The van der Waals surface area contributed by atoms with Gasteiger partial charge in [-0.1, -0.05) is 12.1 Å². The van der Waals surface area contributed by atoms with Crippen molar-refractivity contribution in [1.29, 1.82) is 5.26 Å². The zero-order chi connectivity index (χ0) is 20.0. The lowest BCUT2D eigenvalue weighted by atomic mass is 10.2. The van der Waals surface area contributed by atoms with Crippen molar-refractivity contribution in [1.82, 2.24) is 4.90 Å². The molecule has 1 heterocycles. The summed E-state index contributed by atoms with van der Waals surface area (Å²) in [5.74, 6) is -0.445. The van der Waals surface area contributed by atoms with Crippen molar-refractivity contribution in [3.8, 4) is 6.07 Å². The quantitative estimate of drug-likeness (QED) is 0.693. The summed E-state index contributed by atoms with van der Waals surface area (Å²) in [6.07, 6.45) is 1.95. The van der Waals surface area contributed by atoms with Crippen LogP contribution >= 0.6 is 23.1 Å². The molecule has 0 unspecified atom stereocenters. The molecule has 2 rings (SSSR count). The van der Waals surface area contributed by atoms with Gasteiger partial charge in [0.05, 0.1) is 24.3 Å². The fourth-order valence-electron chi connectivity index (χ4n) is 2.50. The Morgan fingerprint density at radius 3 is 2.44 bits per heavy atom. The lowest BCUT2D eigenvalue weighted by Gasteiger charge is -2.16. The smallest absolute Gasteiger partial charge is 0.239 e. The van der Waals surface area contributed by atoms with Crippen LogP contribution in [0.5, 0.6) is 0 Å². The number of amides is 2. The molecule has 0 aliphatic heterocycles. The van der Waals surface area contributed by atoms with Crippen molar-refractivity contribution in [3.05, 3.63) is 40.3 Å². The molecule has 1 aromatic carbocycles. The summed E-state index contributed by atoms with van der Waals surface area (Å²) in [6, 6.07) is 9.70. The van der Waals surface area contributed by atoms with E-state index in [4.69, 9.17) is 0 Å². The maximum atomic E-state index is 12.3. The highest BCUT2D eigenvalue weighted by Gasteiger charge is 2.17. The van der Waals surface area contributed by atoms with Gasteiger partial charge in [-0.15, -0.1) is 23.1 Å². The number of carbonyl (C=O) groups is 2. The zero-order valence-corrected chi connectivity index (χ0v) is 17.4. The number of carbonyl (C=O) groups excluding carboxylic acids is 2. The molecule has 0 radical (unpaired) electrons. The highest BCUT2D eigenvalue weighted by Crippen LogP contribution is 2.31. The van der Waals surface area contributed by atoms with Crippen molar-refractivity contribution in [3.63, 3.8) is 0 Å². The normalized spacial score (nSPS) is 10.5. The highest BCUT2D eigenvalue weighted by atomic mass is 32.2.